The number of benzene rings is 8. The molecule has 2 nitrogen and oxygen atoms in total. The number of aromatic nitrogens is 2. The van der Waals surface area contributed by atoms with Gasteiger partial charge in [0, 0.05) is 42.9 Å². The van der Waals surface area contributed by atoms with E-state index in [2.05, 4.69) is 191 Å². The molecule has 0 N–H and O–H groups in total. The van der Waals surface area contributed by atoms with Gasteiger partial charge in [0.2, 0.25) is 0 Å². The molecule has 0 amide bonds. The largest absolute Gasteiger partial charge is 0.313 e. The van der Waals surface area contributed by atoms with Crippen LogP contribution < -0.4 is 0 Å². The second kappa shape index (κ2) is 11.3. The zero-order valence-corrected chi connectivity index (χ0v) is 31.4. The Morgan fingerprint density at radius 3 is 2.20 bits per heavy atom. The molecule has 1 aliphatic carbocycles. The summed E-state index contributed by atoms with van der Waals surface area (Å²) in [6.07, 6.45) is 6.83. The standard InChI is InChI=1S/C53H34N2S/c1-2-13-35-32-36(25-24-33(35)12-1)34-26-28-37(29-27-34)54-46-21-8-4-15-40(46)50-48(54)31-30-44-52(50)56-49-23-10-6-18-42(49)53(44)41-17-5-9-22-47(41)55-45-20-7-3-14-38(45)39-16-11-19-43(53)51(39)55/h1-7,9-20,22-32H,8,21H2. The quantitative estimate of drug-likeness (QED) is 0.172. The highest BCUT2D eigenvalue weighted by atomic mass is 32.2. The zero-order chi connectivity index (χ0) is 36.5. The van der Waals surface area contributed by atoms with E-state index >= 15 is 0 Å². The average Bonchev–Trinajstić information content (AvgIpc) is 3.79. The monoisotopic (exact) mass is 730 g/mol. The summed E-state index contributed by atoms with van der Waals surface area (Å²) < 4.78 is 5.09. The number of fused-ring (bicyclic) bond motifs is 16. The van der Waals surface area contributed by atoms with Crippen LogP contribution in [0.2, 0.25) is 0 Å². The van der Waals surface area contributed by atoms with Gasteiger partial charge < -0.3 is 9.13 Å². The maximum Gasteiger partial charge on any atom is 0.0764 e. The van der Waals surface area contributed by atoms with Crippen LogP contribution in [0.5, 0.6) is 0 Å². The van der Waals surface area contributed by atoms with Crippen LogP contribution >= 0.6 is 11.8 Å². The fraction of sp³-hybridized carbons (Fsp3) is 0.0566. The predicted molar refractivity (Wildman–Crippen MR) is 234 cm³/mol. The van der Waals surface area contributed by atoms with Gasteiger partial charge >= 0.3 is 0 Å². The fourth-order valence-corrected chi connectivity index (χ4v) is 11.9. The minimum Gasteiger partial charge on any atom is -0.313 e. The molecule has 0 radical (unpaired) electrons. The van der Waals surface area contributed by atoms with E-state index in [1.54, 1.807) is 0 Å². The van der Waals surface area contributed by atoms with Gasteiger partial charge in [0.05, 0.1) is 27.7 Å². The molecule has 0 bridgehead atoms. The van der Waals surface area contributed by atoms with Gasteiger partial charge in [-0.3, -0.25) is 0 Å². The first kappa shape index (κ1) is 30.7. The van der Waals surface area contributed by atoms with Crippen molar-refractivity contribution >= 4 is 61.3 Å². The van der Waals surface area contributed by atoms with Crippen LogP contribution in [0, 0.1) is 0 Å². The molecule has 262 valence electrons. The first-order valence-electron chi connectivity index (χ1n) is 19.7. The van der Waals surface area contributed by atoms with Gasteiger partial charge in [-0.05, 0) is 99.5 Å². The Morgan fingerprint density at radius 2 is 1.27 bits per heavy atom. The molecule has 56 heavy (non-hydrogen) atoms. The van der Waals surface area contributed by atoms with Gasteiger partial charge in [-0.1, -0.05) is 151 Å². The van der Waals surface area contributed by atoms with Crippen LogP contribution in [0.4, 0.5) is 0 Å². The number of para-hydroxylation sites is 3. The molecule has 13 rings (SSSR count). The Bertz CT molecular complexity index is 3340. The van der Waals surface area contributed by atoms with E-state index in [1.807, 2.05) is 11.8 Å². The molecule has 1 spiro atoms. The Hall–Kier alpha value is -6.55. The van der Waals surface area contributed by atoms with Crippen molar-refractivity contribution in [3.63, 3.8) is 0 Å². The van der Waals surface area contributed by atoms with Crippen molar-refractivity contribution in [1.29, 1.82) is 0 Å². The van der Waals surface area contributed by atoms with E-state index in [0.29, 0.717) is 0 Å². The molecule has 0 saturated heterocycles. The lowest BCUT2D eigenvalue weighted by molar-refractivity contribution is 0.692. The minimum absolute atomic E-state index is 0.499. The molecule has 2 aromatic heterocycles. The van der Waals surface area contributed by atoms with Crippen molar-refractivity contribution in [1.82, 2.24) is 9.13 Å². The third-order valence-electron chi connectivity index (χ3n) is 12.8. The van der Waals surface area contributed by atoms with Crippen molar-refractivity contribution in [2.75, 3.05) is 0 Å². The van der Waals surface area contributed by atoms with Crippen molar-refractivity contribution in [2.45, 2.75) is 28.0 Å². The second-order valence-corrected chi connectivity index (χ2v) is 16.6. The summed E-state index contributed by atoms with van der Waals surface area (Å²) in [5.74, 6) is 0. The van der Waals surface area contributed by atoms with Gasteiger partial charge in [0.25, 0.3) is 0 Å². The summed E-state index contributed by atoms with van der Waals surface area (Å²) in [7, 11) is 0. The lowest BCUT2D eigenvalue weighted by atomic mass is 9.62. The van der Waals surface area contributed by atoms with Crippen LogP contribution in [0.1, 0.15) is 39.9 Å². The van der Waals surface area contributed by atoms with Crippen molar-refractivity contribution < 1.29 is 0 Å². The molecule has 4 heterocycles. The molecule has 10 aromatic rings. The molecule has 1 unspecified atom stereocenters. The topological polar surface area (TPSA) is 9.86 Å². The zero-order valence-electron chi connectivity index (χ0n) is 30.5. The van der Waals surface area contributed by atoms with Crippen molar-refractivity contribution in [3.05, 3.63) is 209 Å². The summed E-state index contributed by atoms with van der Waals surface area (Å²) in [4.78, 5) is 2.69. The van der Waals surface area contributed by atoms with E-state index in [4.69, 9.17) is 0 Å². The molecule has 3 heteroatoms. The first-order valence-corrected chi connectivity index (χ1v) is 20.5. The summed E-state index contributed by atoms with van der Waals surface area (Å²) in [6.45, 7) is 0. The van der Waals surface area contributed by atoms with E-state index in [-0.39, 0.29) is 0 Å². The Balaban J connectivity index is 1.09. The number of rotatable bonds is 2. The van der Waals surface area contributed by atoms with Crippen LogP contribution in [-0.4, -0.2) is 9.13 Å². The maximum absolute atomic E-state index is 2.56. The van der Waals surface area contributed by atoms with Crippen LogP contribution in [-0.2, 0) is 11.8 Å². The summed E-state index contributed by atoms with van der Waals surface area (Å²) in [5, 5.41) is 6.51. The molecule has 0 fully saturated rings. The van der Waals surface area contributed by atoms with Crippen molar-refractivity contribution in [3.8, 4) is 22.5 Å². The molecule has 0 saturated carbocycles. The normalized spacial score (nSPS) is 16.4. The highest BCUT2D eigenvalue weighted by Gasteiger charge is 2.50. The second-order valence-electron chi connectivity index (χ2n) is 15.5. The molecule has 2 aliphatic heterocycles. The summed E-state index contributed by atoms with van der Waals surface area (Å²) in [5.41, 5.74) is 16.5. The SMILES string of the molecule is C1=Cc2c(n(-c3ccc(-c4ccc5ccccc5c4)cc3)c3ccc4c(c23)Sc2ccccc2C42c3ccccc3-n3c4ccccc4c4cccc2c43)CC1. The van der Waals surface area contributed by atoms with Gasteiger partial charge in [-0.2, -0.15) is 0 Å². The summed E-state index contributed by atoms with van der Waals surface area (Å²) >= 11 is 1.96. The smallest absolute Gasteiger partial charge is 0.0764 e. The van der Waals surface area contributed by atoms with Gasteiger partial charge in [-0.25, -0.2) is 0 Å². The number of nitrogens with zero attached hydrogens (tertiary/aromatic N) is 2. The van der Waals surface area contributed by atoms with Crippen LogP contribution in [0.15, 0.2) is 186 Å². The molecule has 8 aromatic carbocycles. The highest BCUT2D eigenvalue weighted by Crippen LogP contribution is 2.62. The van der Waals surface area contributed by atoms with E-state index in [0.717, 1.165) is 12.8 Å². The number of hydrogen-bond donors (Lipinski definition) is 0. The highest BCUT2D eigenvalue weighted by molar-refractivity contribution is 7.99. The molecular weight excluding hydrogens is 697 g/mol. The maximum atomic E-state index is 2.56. The minimum atomic E-state index is -0.499. The van der Waals surface area contributed by atoms with Gasteiger partial charge in [-0.15, -0.1) is 0 Å². The lowest BCUT2D eigenvalue weighted by Crippen LogP contribution is -2.37. The first-order chi connectivity index (χ1) is 27.8. The van der Waals surface area contributed by atoms with Gasteiger partial charge in [0.1, 0.15) is 0 Å². The molecular formula is C53H34N2S. The third kappa shape index (κ3) is 3.88. The third-order valence-corrected chi connectivity index (χ3v) is 14.0. The average molecular weight is 731 g/mol. The van der Waals surface area contributed by atoms with Crippen molar-refractivity contribution in [2.24, 2.45) is 0 Å². The van der Waals surface area contributed by atoms with Crippen LogP contribution in [0.25, 0.3) is 72.1 Å². The Morgan fingerprint density at radius 1 is 0.518 bits per heavy atom. The fourth-order valence-electron chi connectivity index (χ4n) is 10.5. The lowest BCUT2D eigenvalue weighted by Gasteiger charge is -2.45. The predicted octanol–water partition coefficient (Wildman–Crippen LogP) is 13.7. The Labute approximate surface area is 329 Å². The molecule has 1 atom stereocenters. The molecule has 3 aliphatic rings. The van der Waals surface area contributed by atoms with Crippen LogP contribution in [0.3, 0.4) is 0 Å². The van der Waals surface area contributed by atoms with E-state index < -0.39 is 5.41 Å². The van der Waals surface area contributed by atoms with Gasteiger partial charge in [0.15, 0.2) is 0 Å². The summed E-state index contributed by atoms with van der Waals surface area (Å²) in [6, 6.07) is 63.9. The Kier molecular flexibility index (Phi) is 6.18. The van der Waals surface area contributed by atoms with E-state index in [1.165, 1.54) is 109 Å². The number of hydrogen-bond acceptors (Lipinski definition) is 1. The van der Waals surface area contributed by atoms with E-state index in [9.17, 15) is 0 Å². The number of allylic oxidation sites excluding steroid dienone is 1.